The molecule has 234 valence electrons. The van der Waals surface area contributed by atoms with Crippen molar-refractivity contribution in [3.8, 4) is 50.6 Å². The van der Waals surface area contributed by atoms with E-state index in [1.165, 1.54) is 16.2 Å². The highest BCUT2D eigenvalue weighted by atomic mass is 15.1. The first-order valence-corrected chi connectivity index (χ1v) is 16.9. The second kappa shape index (κ2) is 11.4. The standard InChI is InChI=1S/C46H30N4/c1-2-13-30(14-3-1)34-18-7-9-25-41(34)50-42-26-12-21-36(32-16-10-17-33(29-32)43-35-19-5-4-15-31(35)27-28-47-43)45(42)49-46(50)39-23-11-22-38-37-20-6-8-24-40(37)48-44(38)39/h1-29,48H. The minimum atomic E-state index is 0.889. The molecule has 0 atom stereocenters. The number of para-hydroxylation sites is 4. The van der Waals surface area contributed by atoms with E-state index >= 15 is 0 Å². The molecule has 3 heterocycles. The lowest BCUT2D eigenvalue weighted by molar-refractivity contribution is 1.11. The van der Waals surface area contributed by atoms with Crippen LogP contribution in [0.25, 0.3) is 94.2 Å². The molecule has 0 unspecified atom stereocenters. The van der Waals surface area contributed by atoms with Crippen molar-refractivity contribution < 1.29 is 0 Å². The van der Waals surface area contributed by atoms with Gasteiger partial charge in [-0.25, -0.2) is 4.98 Å². The molecule has 0 aliphatic rings. The number of fused-ring (bicyclic) bond motifs is 5. The van der Waals surface area contributed by atoms with Gasteiger partial charge in [0.05, 0.1) is 27.9 Å². The number of pyridine rings is 1. The highest BCUT2D eigenvalue weighted by Crippen LogP contribution is 2.41. The van der Waals surface area contributed by atoms with Crippen LogP contribution in [0.1, 0.15) is 0 Å². The zero-order chi connectivity index (χ0) is 33.0. The van der Waals surface area contributed by atoms with E-state index in [-0.39, 0.29) is 0 Å². The fourth-order valence-electron chi connectivity index (χ4n) is 7.53. The lowest BCUT2D eigenvalue weighted by Gasteiger charge is -2.15. The van der Waals surface area contributed by atoms with E-state index in [4.69, 9.17) is 9.97 Å². The van der Waals surface area contributed by atoms with E-state index in [1.54, 1.807) is 0 Å². The van der Waals surface area contributed by atoms with Crippen molar-refractivity contribution in [3.63, 3.8) is 0 Å². The predicted octanol–water partition coefficient (Wildman–Crippen LogP) is 11.9. The topological polar surface area (TPSA) is 46.5 Å². The average molecular weight is 639 g/mol. The summed E-state index contributed by atoms with van der Waals surface area (Å²) in [5.41, 5.74) is 12.8. The molecule has 0 bridgehead atoms. The monoisotopic (exact) mass is 638 g/mol. The van der Waals surface area contributed by atoms with Crippen LogP contribution in [-0.4, -0.2) is 19.5 Å². The zero-order valence-corrected chi connectivity index (χ0v) is 27.1. The van der Waals surface area contributed by atoms with Gasteiger partial charge in [-0.05, 0) is 52.9 Å². The SMILES string of the molecule is c1ccc(-c2ccccc2-n2c(-c3cccc4c3[nH]c3ccccc34)nc3c(-c4cccc(-c5nccc6ccccc56)c4)cccc32)cc1. The van der Waals surface area contributed by atoms with Gasteiger partial charge in [-0.3, -0.25) is 9.55 Å². The first-order chi connectivity index (χ1) is 24.8. The molecule has 0 saturated carbocycles. The average Bonchev–Trinajstić information content (AvgIpc) is 3.77. The molecule has 3 aromatic heterocycles. The van der Waals surface area contributed by atoms with Crippen molar-refractivity contribution in [1.29, 1.82) is 0 Å². The summed E-state index contributed by atoms with van der Waals surface area (Å²) in [5.74, 6) is 0.889. The molecule has 0 aliphatic carbocycles. The third-order valence-electron chi connectivity index (χ3n) is 9.82. The summed E-state index contributed by atoms with van der Waals surface area (Å²) in [4.78, 5) is 14.1. The summed E-state index contributed by atoms with van der Waals surface area (Å²) in [6.45, 7) is 0. The Hall–Kier alpha value is -6.78. The molecular weight excluding hydrogens is 609 g/mol. The molecule has 1 N–H and O–H groups in total. The molecule has 0 saturated heterocycles. The van der Waals surface area contributed by atoms with Crippen molar-refractivity contribution in [2.24, 2.45) is 0 Å². The van der Waals surface area contributed by atoms with Gasteiger partial charge in [-0.15, -0.1) is 0 Å². The molecule has 0 aliphatic heterocycles. The van der Waals surface area contributed by atoms with Crippen molar-refractivity contribution in [3.05, 3.63) is 176 Å². The van der Waals surface area contributed by atoms with Gasteiger partial charge in [0.2, 0.25) is 0 Å². The third-order valence-corrected chi connectivity index (χ3v) is 9.82. The number of aromatic nitrogens is 4. The number of rotatable bonds is 5. The second-order valence-corrected chi connectivity index (χ2v) is 12.7. The summed E-state index contributed by atoms with van der Waals surface area (Å²) in [6.07, 6.45) is 1.90. The second-order valence-electron chi connectivity index (χ2n) is 12.7. The van der Waals surface area contributed by atoms with Gasteiger partial charge in [0, 0.05) is 50.1 Å². The normalized spacial score (nSPS) is 11.6. The Labute approximate surface area is 289 Å². The molecule has 4 nitrogen and oxygen atoms in total. The molecule has 10 aromatic rings. The Morgan fingerprint density at radius 1 is 0.480 bits per heavy atom. The Morgan fingerprint density at radius 2 is 1.16 bits per heavy atom. The van der Waals surface area contributed by atoms with E-state index < -0.39 is 0 Å². The highest BCUT2D eigenvalue weighted by Gasteiger charge is 2.22. The van der Waals surface area contributed by atoms with Crippen LogP contribution in [0.2, 0.25) is 0 Å². The van der Waals surface area contributed by atoms with Crippen molar-refractivity contribution in [1.82, 2.24) is 19.5 Å². The Morgan fingerprint density at radius 3 is 2.10 bits per heavy atom. The number of nitrogens with zero attached hydrogens (tertiary/aromatic N) is 3. The van der Waals surface area contributed by atoms with Crippen LogP contribution >= 0.6 is 0 Å². The quantitative estimate of drug-likeness (QED) is 0.204. The number of hydrogen-bond donors (Lipinski definition) is 1. The highest BCUT2D eigenvalue weighted by molar-refractivity contribution is 6.12. The third kappa shape index (κ3) is 4.46. The minimum absolute atomic E-state index is 0.889. The van der Waals surface area contributed by atoms with Crippen LogP contribution < -0.4 is 0 Å². The molecule has 4 heteroatoms. The summed E-state index contributed by atoms with van der Waals surface area (Å²) in [7, 11) is 0. The number of H-pyrrole nitrogens is 1. The fourth-order valence-corrected chi connectivity index (χ4v) is 7.53. The molecular formula is C46H30N4. The molecule has 50 heavy (non-hydrogen) atoms. The molecule has 0 amide bonds. The summed E-state index contributed by atoms with van der Waals surface area (Å²) in [6, 6.07) is 60.0. The minimum Gasteiger partial charge on any atom is -0.354 e. The smallest absolute Gasteiger partial charge is 0.147 e. The van der Waals surface area contributed by atoms with Crippen LogP contribution in [0.15, 0.2) is 176 Å². The van der Waals surface area contributed by atoms with Crippen LogP contribution in [0.5, 0.6) is 0 Å². The molecule has 0 spiro atoms. The van der Waals surface area contributed by atoms with Crippen molar-refractivity contribution in [2.75, 3.05) is 0 Å². The molecule has 7 aromatic carbocycles. The summed E-state index contributed by atoms with van der Waals surface area (Å²) in [5, 5.41) is 4.71. The lowest BCUT2D eigenvalue weighted by Crippen LogP contribution is -2.00. The van der Waals surface area contributed by atoms with Crippen LogP contribution in [0, 0.1) is 0 Å². The largest absolute Gasteiger partial charge is 0.354 e. The summed E-state index contributed by atoms with van der Waals surface area (Å²) < 4.78 is 2.34. The summed E-state index contributed by atoms with van der Waals surface area (Å²) >= 11 is 0. The first-order valence-electron chi connectivity index (χ1n) is 16.9. The van der Waals surface area contributed by atoms with E-state index in [9.17, 15) is 0 Å². The number of aromatic amines is 1. The van der Waals surface area contributed by atoms with Gasteiger partial charge in [0.1, 0.15) is 5.82 Å². The van der Waals surface area contributed by atoms with Gasteiger partial charge in [-0.1, -0.05) is 133 Å². The lowest BCUT2D eigenvalue weighted by atomic mass is 9.98. The van der Waals surface area contributed by atoms with Crippen LogP contribution in [0.3, 0.4) is 0 Å². The maximum Gasteiger partial charge on any atom is 0.147 e. The van der Waals surface area contributed by atoms with Gasteiger partial charge >= 0.3 is 0 Å². The van der Waals surface area contributed by atoms with E-state index in [1.807, 2.05) is 6.20 Å². The van der Waals surface area contributed by atoms with Gasteiger partial charge in [0.15, 0.2) is 0 Å². The van der Waals surface area contributed by atoms with Crippen LogP contribution in [0.4, 0.5) is 0 Å². The Bertz CT molecular complexity index is 2870. The van der Waals surface area contributed by atoms with Gasteiger partial charge in [-0.2, -0.15) is 0 Å². The zero-order valence-electron chi connectivity index (χ0n) is 27.1. The maximum atomic E-state index is 5.57. The Kier molecular flexibility index (Phi) is 6.46. The first kappa shape index (κ1) is 28.3. The van der Waals surface area contributed by atoms with E-state index in [2.05, 4.69) is 179 Å². The molecule has 0 fully saturated rings. The van der Waals surface area contributed by atoms with Gasteiger partial charge in [0.25, 0.3) is 0 Å². The Balaban J connectivity index is 1.26. The van der Waals surface area contributed by atoms with Crippen LogP contribution in [-0.2, 0) is 0 Å². The fraction of sp³-hybridized carbons (Fsp3) is 0. The number of hydrogen-bond acceptors (Lipinski definition) is 2. The molecule has 10 rings (SSSR count). The van der Waals surface area contributed by atoms with Crippen molar-refractivity contribution >= 4 is 43.6 Å². The number of benzene rings is 7. The predicted molar refractivity (Wildman–Crippen MR) is 207 cm³/mol. The van der Waals surface area contributed by atoms with Gasteiger partial charge < -0.3 is 4.98 Å². The van der Waals surface area contributed by atoms with Crippen molar-refractivity contribution in [2.45, 2.75) is 0 Å². The van der Waals surface area contributed by atoms with E-state index in [0.29, 0.717) is 0 Å². The number of imidazole rings is 1. The molecule has 0 radical (unpaired) electrons. The number of nitrogens with one attached hydrogen (secondary N) is 1. The van der Waals surface area contributed by atoms with E-state index in [0.717, 1.165) is 78.0 Å². The maximum absolute atomic E-state index is 5.57.